The maximum atomic E-state index is 12.4. The third-order valence-electron chi connectivity index (χ3n) is 3.80. The number of aliphatic hydroxyl groups excluding tert-OH is 1. The number of carbonyl (C=O) groups excluding carboxylic acids is 3. The molecule has 0 saturated carbocycles. The van der Waals surface area contributed by atoms with Gasteiger partial charge in [-0.2, -0.15) is 0 Å². The molecular weight excluding hydrogens is 418 g/mol. The summed E-state index contributed by atoms with van der Waals surface area (Å²) in [7, 11) is 0. The number of aliphatic hydroxyl groups is 1. The summed E-state index contributed by atoms with van der Waals surface area (Å²) in [5.74, 6) is -5.94. The van der Waals surface area contributed by atoms with Crippen LogP contribution in [0.2, 0.25) is 0 Å². The van der Waals surface area contributed by atoms with Crippen LogP contribution in [0.15, 0.2) is 4.99 Å². The van der Waals surface area contributed by atoms with Gasteiger partial charge < -0.3 is 48.5 Å². The maximum Gasteiger partial charge on any atom is 0.326 e. The smallest absolute Gasteiger partial charge is 0.326 e. The Hall–Kier alpha value is -3.46. The minimum Gasteiger partial charge on any atom is -0.481 e. The number of hydrogen-bond donors (Lipinski definition) is 9. The Kier molecular flexibility index (Phi) is 12.2. The summed E-state index contributed by atoms with van der Waals surface area (Å²) in [4.78, 5) is 62.4. The van der Waals surface area contributed by atoms with Crippen LogP contribution in [-0.4, -0.2) is 88.3 Å². The van der Waals surface area contributed by atoms with Gasteiger partial charge in [0.1, 0.15) is 18.1 Å². The summed E-state index contributed by atoms with van der Waals surface area (Å²) in [6.45, 7) is 0.588. The van der Waals surface area contributed by atoms with E-state index in [9.17, 15) is 34.2 Å². The first-order valence-electron chi connectivity index (χ1n) is 9.16. The van der Waals surface area contributed by atoms with Gasteiger partial charge in [0.05, 0.1) is 19.1 Å². The van der Waals surface area contributed by atoms with Crippen molar-refractivity contribution >= 4 is 35.6 Å². The second-order valence-corrected chi connectivity index (χ2v) is 6.54. The first-order chi connectivity index (χ1) is 14.4. The van der Waals surface area contributed by atoms with Gasteiger partial charge in [0, 0.05) is 6.54 Å². The fraction of sp³-hybridized carbons (Fsp3) is 0.625. The van der Waals surface area contributed by atoms with Gasteiger partial charge in [0.15, 0.2) is 5.96 Å². The minimum absolute atomic E-state index is 0.0741. The minimum atomic E-state index is -1.68. The summed E-state index contributed by atoms with van der Waals surface area (Å²) < 4.78 is 0. The molecule has 31 heavy (non-hydrogen) atoms. The predicted octanol–water partition coefficient (Wildman–Crippen LogP) is -4.61. The molecule has 0 saturated heterocycles. The maximum absolute atomic E-state index is 12.4. The number of hydrogen-bond acceptors (Lipinski definition) is 8. The van der Waals surface area contributed by atoms with E-state index in [-0.39, 0.29) is 25.3 Å². The first kappa shape index (κ1) is 27.5. The number of carboxylic acids is 2. The quantitative estimate of drug-likeness (QED) is 0.0693. The van der Waals surface area contributed by atoms with Crippen LogP contribution in [0.3, 0.4) is 0 Å². The standard InChI is InChI=1S/C16H29N7O8/c1-7(17)12(27)23-10(6-24)14(29)22-9(5-11(25)26)13(28)21-8(15(30)31)3-2-4-20-16(18)19/h7-10,24H,2-6,17H2,1H3,(H,21,28)(H,22,29)(H,23,27)(H,25,26)(H,30,31)(H4,18,19,20). The van der Waals surface area contributed by atoms with E-state index >= 15 is 0 Å². The number of amides is 3. The predicted molar refractivity (Wildman–Crippen MR) is 106 cm³/mol. The normalized spacial score (nSPS) is 14.3. The van der Waals surface area contributed by atoms with E-state index in [0.29, 0.717) is 0 Å². The summed E-state index contributed by atoms with van der Waals surface area (Å²) >= 11 is 0. The van der Waals surface area contributed by atoms with Crippen molar-refractivity contribution in [2.75, 3.05) is 13.2 Å². The first-order valence-corrected chi connectivity index (χ1v) is 9.16. The third-order valence-corrected chi connectivity index (χ3v) is 3.80. The second-order valence-electron chi connectivity index (χ2n) is 6.54. The Balaban J connectivity index is 5.20. The van der Waals surface area contributed by atoms with Gasteiger partial charge in [0.2, 0.25) is 17.7 Å². The van der Waals surface area contributed by atoms with E-state index in [1.54, 1.807) is 0 Å². The average molecular weight is 447 g/mol. The van der Waals surface area contributed by atoms with Crippen LogP contribution in [0.25, 0.3) is 0 Å². The van der Waals surface area contributed by atoms with Gasteiger partial charge in [-0.05, 0) is 19.8 Å². The number of carboxylic acid groups (broad SMARTS) is 2. The lowest BCUT2D eigenvalue weighted by Crippen LogP contribution is -2.58. The Morgan fingerprint density at radius 3 is 1.87 bits per heavy atom. The molecule has 0 aromatic rings. The number of guanidine groups is 1. The van der Waals surface area contributed by atoms with E-state index in [1.165, 1.54) is 6.92 Å². The monoisotopic (exact) mass is 447 g/mol. The number of nitrogens with two attached hydrogens (primary N) is 3. The molecule has 15 nitrogen and oxygen atoms in total. The van der Waals surface area contributed by atoms with E-state index < -0.39 is 66.9 Å². The van der Waals surface area contributed by atoms with Crippen molar-refractivity contribution in [3.8, 4) is 0 Å². The fourth-order valence-electron chi connectivity index (χ4n) is 2.19. The molecule has 0 aromatic heterocycles. The molecule has 0 aliphatic heterocycles. The largest absolute Gasteiger partial charge is 0.481 e. The molecule has 0 radical (unpaired) electrons. The van der Waals surface area contributed by atoms with Crippen molar-refractivity contribution in [3.63, 3.8) is 0 Å². The SMILES string of the molecule is CC(N)C(=O)NC(CO)C(=O)NC(CC(=O)O)C(=O)NC(CCCN=C(N)N)C(=O)O. The van der Waals surface area contributed by atoms with Gasteiger partial charge in [-0.3, -0.25) is 24.2 Å². The van der Waals surface area contributed by atoms with Crippen LogP contribution in [0.1, 0.15) is 26.2 Å². The second kappa shape index (κ2) is 13.7. The van der Waals surface area contributed by atoms with Crippen LogP contribution in [-0.2, 0) is 24.0 Å². The molecule has 0 heterocycles. The lowest BCUT2D eigenvalue weighted by Gasteiger charge is -2.23. The molecule has 4 atom stereocenters. The fourth-order valence-corrected chi connectivity index (χ4v) is 2.19. The highest BCUT2D eigenvalue weighted by Gasteiger charge is 2.31. The molecule has 12 N–H and O–H groups in total. The highest BCUT2D eigenvalue weighted by molar-refractivity contribution is 5.95. The number of nitrogens with one attached hydrogen (secondary N) is 3. The van der Waals surface area contributed by atoms with Crippen LogP contribution in [0.5, 0.6) is 0 Å². The van der Waals surface area contributed by atoms with E-state index in [2.05, 4.69) is 20.9 Å². The highest BCUT2D eigenvalue weighted by atomic mass is 16.4. The molecule has 0 fully saturated rings. The van der Waals surface area contributed by atoms with E-state index in [1.807, 2.05) is 0 Å². The number of aliphatic carboxylic acids is 2. The van der Waals surface area contributed by atoms with Crippen molar-refractivity contribution in [2.45, 2.75) is 50.4 Å². The van der Waals surface area contributed by atoms with E-state index in [0.717, 1.165) is 0 Å². The molecule has 0 aliphatic carbocycles. The number of aliphatic imine (C=N–C) groups is 1. The number of rotatable bonds is 14. The van der Waals surface area contributed by atoms with E-state index in [4.69, 9.17) is 22.3 Å². The Morgan fingerprint density at radius 1 is 0.903 bits per heavy atom. The Morgan fingerprint density at radius 2 is 1.42 bits per heavy atom. The molecule has 0 aliphatic rings. The summed E-state index contributed by atoms with van der Waals surface area (Å²) in [6.07, 6.45) is -0.756. The molecule has 3 amide bonds. The van der Waals surface area contributed by atoms with Crippen molar-refractivity contribution in [1.82, 2.24) is 16.0 Å². The average Bonchev–Trinajstić information content (AvgIpc) is 2.66. The molecular formula is C16H29N7O8. The molecule has 0 bridgehead atoms. The zero-order valence-electron chi connectivity index (χ0n) is 16.9. The molecule has 4 unspecified atom stereocenters. The summed E-state index contributed by atoms with van der Waals surface area (Å²) in [5.41, 5.74) is 15.7. The molecule has 176 valence electrons. The zero-order valence-corrected chi connectivity index (χ0v) is 16.9. The van der Waals surface area contributed by atoms with Crippen molar-refractivity contribution in [1.29, 1.82) is 0 Å². The lowest BCUT2D eigenvalue weighted by atomic mass is 10.1. The van der Waals surface area contributed by atoms with Crippen LogP contribution < -0.4 is 33.2 Å². The van der Waals surface area contributed by atoms with Crippen molar-refractivity contribution in [3.05, 3.63) is 0 Å². The van der Waals surface area contributed by atoms with Gasteiger partial charge >= 0.3 is 11.9 Å². The van der Waals surface area contributed by atoms with Gasteiger partial charge in [0.25, 0.3) is 0 Å². The Bertz CT molecular complexity index is 693. The van der Waals surface area contributed by atoms with Gasteiger partial charge in [-0.25, -0.2) is 4.79 Å². The topological polar surface area (TPSA) is 273 Å². The molecule has 15 heteroatoms. The van der Waals surface area contributed by atoms with Crippen LogP contribution in [0, 0.1) is 0 Å². The third kappa shape index (κ3) is 11.3. The molecule has 0 rings (SSSR count). The highest BCUT2D eigenvalue weighted by Crippen LogP contribution is 2.02. The van der Waals surface area contributed by atoms with Crippen molar-refractivity contribution < 1.29 is 39.3 Å². The van der Waals surface area contributed by atoms with Gasteiger partial charge in [-0.1, -0.05) is 0 Å². The van der Waals surface area contributed by atoms with Gasteiger partial charge in [-0.15, -0.1) is 0 Å². The molecule has 0 aromatic carbocycles. The van der Waals surface area contributed by atoms with Crippen LogP contribution >= 0.6 is 0 Å². The summed E-state index contributed by atoms with van der Waals surface area (Å²) in [6, 6.07) is -5.57. The number of carbonyl (C=O) groups is 5. The lowest BCUT2D eigenvalue weighted by molar-refractivity contribution is -0.143. The van der Waals surface area contributed by atoms with Crippen molar-refractivity contribution in [2.24, 2.45) is 22.2 Å². The molecule has 0 spiro atoms. The Labute approximate surface area is 177 Å². The number of nitrogens with zero attached hydrogens (tertiary/aromatic N) is 1. The zero-order chi connectivity index (χ0) is 24.1. The summed E-state index contributed by atoms with van der Waals surface area (Å²) in [5, 5.41) is 33.9. The van der Waals surface area contributed by atoms with Crippen LogP contribution in [0.4, 0.5) is 0 Å².